The quantitative estimate of drug-likeness (QED) is 0.435. The maximum atomic E-state index is 13.3. The molecule has 0 bridgehead atoms. The normalized spacial score (nSPS) is 31.6. The highest BCUT2D eigenvalue weighted by Crippen LogP contribution is 2.46. The molecule has 6 atom stereocenters. The number of aliphatic hydroxyl groups is 1. The van der Waals surface area contributed by atoms with Gasteiger partial charge in [0, 0.05) is 33.5 Å². The minimum atomic E-state index is -2.00. The Morgan fingerprint density at radius 1 is 0.900 bits per heavy atom. The molecule has 2 aromatic carbocycles. The highest BCUT2D eigenvalue weighted by atomic mass is 16.8. The molecule has 0 spiro atoms. The molecule has 2 unspecified atom stereocenters. The largest absolute Gasteiger partial charge is 0.497 e. The Hall–Kier alpha value is -3.02. The Bertz CT molecular complexity index is 1150. The van der Waals surface area contributed by atoms with E-state index in [1.54, 1.807) is 45.2 Å². The van der Waals surface area contributed by atoms with Crippen LogP contribution in [0.25, 0.3) is 0 Å². The second-order valence-electron chi connectivity index (χ2n) is 10.4. The molecule has 2 aliphatic rings. The van der Waals surface area contributed by atoms with E-state index >= 15 is 0 Å². The molecule has 1 saturated carbocycles. The van der Waals surface area contributed by atoms with Crippen molar-refractivity contribution in [3.8, 4) is 5.75 Å². The van der Waals surface area contributed by atoms with Gasteiger partial charge in [-0.25, -0.2) is 4.79 Å². The maximum absolute atomic E-state index is 13.3. The number of ether oxygens (including phenoxy) is 7. The molecule has 0 amide bonds. The van der Waals surface area contributed by atoms with E-state index in [0.717, 1.165) is 11.1 Å². The van der Waals surface area contributed by atoms with Gasteiger partial charge >= 0.3 is 11.9 Å². The van der Waals surface area contributed by atoms with Crippen molar-refractivity contribution >= 4 is 11.9 Å². The summed E-state index contributed by atoms with van der Waals surface area (Å²) in [6.45, 7) is 3.24. The number of benzene rings is 2. The van der Waals surface area contributed by atoms with Crippen LogP contribution in [-0.2, 0) is 51.0 Å². The van der Waals surface area contributed by atoms with Crippen molar-refractivity contribution in [2.75, 3.05) is 21.3 Å². The lowest BCUT2D eigenvalue weighted by atomic mass is 9.78. The average molecular weight is 559 g/mol. The van der Waals surface area contributed by atoms with Crippen molar-refractivity contribution in [2.45, 2.75) is 81.6 Å². The molecule has 1 heterocycles. The summed E-state index contributed by atoms with van der Waals surface area (Å²) in [5.74, 6) is -3.42. The summed E-state index contributed by atoms with van der Waals surface area (Å²) < 4.78 is 40.3. The van der Waals surface area contributed by atoms with Gasteiger partial charge in [-0.05, 0) is 43.5 Å². The Kier molecular flexibility index (Phi) is 9.16. The van der Waals surface area contributed by atoms with E-state index in [0.29, 0.717) is 12.2 Å². The Morgan fingerprint density at radius 3 is 2.17 bits per heavy atom. The van der Waals surface area contributed by atoms with Crippen molar-refractivity contribution in [1.82, 2.24) is 0 Å². The standard InChI is InChI=1S/C30H38O10/c1-28(35-4)29(2,36-5)40-26-23(38-25(31)16-13-20-9-7-6-8-10-20)17-30(33,18-24(26)39-28)27(32)37-19-21-11-14-22(34-3)15-12-21/h6-12,14-15,23-24,26,33H,13,16-19H2,1-5H3/t23-,24?,26?,28+,29+,30+/m1/s1. The lowest BCUT2D eigenvalue weighted by molar-refractivity contribution is -0.460. The van der Waals surface area contributed by atoms with Gasteiger partial charge in [-0.3, -0.25) is 4.79 Å². The van der Waals surface area contributed by atoms with Gasteiger partial charge in [-0.2, -0.15) is 0 Å². The summed E-state index contributed by atoms with van der Waals surface area (Å²) in [5, 5.41) is 11.6. The van der Waals surface area contributed by atoms with Crippen molar-refractivity contribution in [1.29, 1.82) is 0 Å². The molecule has 4 rings (SSSR count). The van der Waals surface area contributed by atoms with E-state index < -0.39 is 47.4 Å². The number of esters is 2. The first-order valence-corrected chi connectivity index (χ1v) is 13.3. The molecular weight excluding hydrogens is 520 g/mol. The Balaban J connectivity index is 1.52. The first kappa shape index (κ1) is 30.0. The summed E-state index contributed by atoms with van der Waals surface area (Å²) in [4.78, 5) is 26.2. The van der Waals surface area contributed by atoms with E-state index in [1.165, 1.54) is 14.2 Å². The van der Waals surface area contributed by atoms with E-state index in [9.17, 15) is 14.7 Å². The minimum absolute atomic E-state index is 0.0599. The third-order valence-electron chi connectivity index (χ3n) is 7.80. The molecule has 218 valence electrons. The fraction of sp³-hybridized carbons (Fsp3) is 0.533. The average Bonchev–Trinajstić information content (AvgIpc) is 2.96. The third kappa shape index (κ3) is 6.31. The summed E-state index contributed by atoms with van der Waals surface area (Å²) in [6, 6.07) is 16.6. The Morgan fingerprint density at radius 2 is 1.55 bits per heavy atom. The molecular formula is C30H38O10. The van der Waals surface area contributed by atoms with Crippen LogP contribution in [0.4, 0.5) is 0 Å². The van der Waals surface area contributed by atoms with Crippen LogP contribution in [0.5, 0.6) is 5.75 Å². The van der Waals surface area contributed by atoms with Gasteiger partial charge in [-0.1, -0.05) is 42.5 Å². The van der Waals surface area contributed by atoms with Crippen molar-refractivity contribution < 1.29 is 47.9 Å². The number of hydrogen-bond donors (Lipinski definition) is 1. The molecule has 0 aromatic heterocycles. The number of fused-ring (bicyclic) bond motifs is 1. The SMILES string of the molecule is COc1ccc(COC(=O)[C@@]2(O)CC3O[C@](C)(OC)[C@@](C)(OC)OC3[C@H](OC(=O)CCc3ccccc3)C2)cc1. The minimum Gasteiger partial charge on any atom is -0.497 e. The fourth-order valence-corrected chi connectivity index (χ4v) is 5.11. The molecule has 40 heavy (non-hydrogen) atoms. The lowest BCUT2D eigenvalue weighted by Crippen LogP contribution is -2.71. The highest BCUT2D eigenvalue weighted by molar-refractivity contribution is 5.80. The van der Waals surface area contributed by atoms with Gasteiger partial charge < -0.3 is 38.3 Å². The predicted octanol–water partition coefficient (Wildman–Crippen LogP) is 3.32. The van der Waals surface area contributed by atoms with E-state index in [-0.39, 0.29) is 25.9 Å². The summed E-state index contributed by atoms with van der Waals surface area (Å²) in [7, 11) is 4.46. The topological polar surface area (TPSA) is 119 Å². The molecule has 1 aliphatic carbocycles. The van der Waals surface area contributed by atoms with E-state index in [2.05, 4.69) is 0 Å². The molecule has 0 radical (unpaired) electrons. The molecule has 1 N–H and O–H groups in total. The molecule has 2 aromatic rings. The molecule has 10 nitrogen and oxygen atoms in total. The third-order valence-corrected chi connectivity index (χ3v) is 7.80. The predicted molar refractivity (Wildman–Crippen MR) is 142 cm³/mol. The lowest BCUT2D eigenvalue weighted by Gasteiger charge is -2.56. The molecule has 1 saturated heterocycles. The number of rotatable bonds is 10. The van der Waals surface area contributed by atoms with Crippen LogP contribution in [0, 0.1) is 0 Å². The van der Waals surface area contributed by atoms with Crippen LogP contribution in [0.2, 0.25) is 0 Å². The van der Waals surface area contributed by atoms with Crippen LogP contribution >= 0.6 is 0 Å². The zero-order valence-corrected chi connectivity index (χ0v) is 23.6. The van der Waals surface area contributed by atoms with E-state index in [4.69, 9.17) is 33.2 Å². The molecule has 10 heteroatoms. The van der Waals surface area contributed by atoms with Gasteiger partial charge in [0.1, 0.15) is 24.6 Å². The van der Waals surface area contributed by atoms with Gasteiger partial charge in [0.2, 0.25) is 11.6 Å². The molecule has 2 fully saturated rings. The van der Waals surface area contributed by atoms with Crippen molar-refractivity contribution in [3.63, 3.8) is 0 Å². The second kappa shape index (κ2) is 12.2. The van der Waals surface area contributed by atoms with Gasteiger partial charge in [0.25, 0.3) is 0 Å². The Labute approximate surface area is 234 Å². The smallest absolute Gasteiger partial charge is 0.338 e. The van der Waals surface area contributed by atoms with Crippen LogP contribution in [0.1, 0.15) is 44.2 Å². The number of hydrogen-bond acceptors (Lipinski definition) is 10. The van der Waals surface area contributed by atoms with Crippen LogP contribution < -0.4 is 4.74 Å². The number of aryl methyl sites for hydroxylation is 1. The van der Waals surface area contributed by atoms with E-state index in [1.807, 2.05) is 30.3 Å². The number of carbonyl (C=O) groups is 2. The molecule has 1 aliphatic heterocycles. The number of carbonyl (C=O) groups excluding carboxylic acids is 2. The first-order valence-electron chi connectivity index (χ1n) is 13.3. The van der Waals surface area contributed by atoms with Crippen LogP contribution in [0.15, 0.2) is 54.6 Å². The number of methoxy groups -OCH3 is 3. The van der Waals surface area contributed by atoms with Crippen LogP contribution in [-0.4, -0.2) is 73.9 Å². The maximum Gasteiger partial charge on any atom is 0.338 e. The zero-order valence-electron chi connectivity index (χ0n) is 23.6. The van der Waals surface area contributed by atoms with Crippen LogP contribution in [0.3, 0.4) is 0 Å². The second-order valence-corrected chi connectivity index (χ2v) is 10.4. The summed E-state index contributed by atoms with van der Waals surface area (Å²) in [6.07, 6.45) is -2.53. The first-order chi connectivity index (χ1) is 19.0. The fourth-order valence-electron chi connectivity index (χ4n) is 5.11. The van der Waals surface area contributed by atoms with Crippen molar-refractivity contribution in [3.05, 3.63) is 65.7 Å². The monoisotopic (exact) mass is 558 g/mol. The summed E-state index contributed by atoms with van der Waals surface area (Å²) >= 11 is 0. The van der Waals surface area contributed by atoms with Gasteiger partial charge in [0.15, 0.2) is 5.60 Å². The summed E-state index contributed by atoms with van der Waals surface area (Å²) in [5.41, 5.74) is -0.299. The highest BCUT2D eigenvalue weighted by Gasteiger charge is 2.63. The van der Waals surface area contributed by atoms with Gasteiger partial charge in [-0.15, -0.1) is 0 Å². The van der Waals surface area contributed by atoms with Gasteiger partial charge in [0.05, 0.1) is 13.2 Å². The zero-order chi connectivity index (χ0) is 29.0. The van der Waals surface area contributed by atoms with Crippen molar-refractivity contribution in [2.24, 2.45) is 0 Å².